The van der Waals surface area contributed by atoms with Gasteiger partial charge in [-0.15, -0.1) is 0 Å². The minimum absolute atomic E-state index is 0.227. The molecule has 160 valence electrons. The van der Waals surface area contributed by atoms with E-state index in [0.717, 1.165) is 11.3 Å². The third-order valence-corrected chi connectivity index (χ3v) is 4.48. The van der Waals surface area contributed by atoms with Crippen LogP contribution in [0.1, 0.15) is 15.9 Å². The second-order valence-electron chi connectivity index (χ2n) is 6.59. The van der Waals surface area contributed by atoms with Crippen LogP contribution in [-0.2, 0) is 11.3 Å². The lowest BCUT2D eigenvalue weighted by molar-refractivity contribution is -0.118. The molecular weight excluding hydrogens is 396 g/mol. The third-order valence-electron chi connectivity index (χ3n) is 4.48. The van der Waals surface area contributed by atoms with Gasteiger partial charge in [0.1, 0.15) is 17.2 Å². The number of rotatable bonds is 9. The number of hydrogen-bond acceptors (Lipinski definition) is 5. The Kier molecular flexibility index (Phi) is 7.48. The fraction of sp³-hybridized carbons (Fsp3) is 0.167. The maximum absolute atomic E-state index is 12.6. The van der Waals surface area contributed by atoms with Gasteiger partial charge in [0, 0.05) is 12.2 Å². The van der Waals surface area contributed by atoms with Crippen LogP contribution < -0.4 is 24.8 Å². The lowest BCUT2D eigenvalue weighted by Crippen LogP contribution is -2.25. The molecule has 0 spiro atoms. The molecule has 2 N–H and O–H groups in total. The Morgan fingerprint density at radius 1 is 0.806 bits per heavy atom. The molecular formula is C24H24N2O5. The summed E-state index contributed by atoms with van der Waals surface area (Å²) in [5.41, 5.74) is 1.92. The number of ether oxygens (including phenoxy) is 3. The number of amides is 2. The maximum Gasteiger partial charge on any atom is 0.262 e. The molecule has 2 amide bonds. The van der Waals surface area contributed by atoms with Gasteiger partial charge in [0.25, 0.3) is 11.8 Å². The standard InChI is InChI=1S/C24H24N2O5/c1-29-19-11-7-17(8-12-19)15-25-24(28)21-5-3-4-6-22(21)31-16-23(27)26-18-9-13-20(30-2)14-10-18/h3-14H,15-16H2,1-2H3,(H,25,28)(H,26,27). The van der Waals surface area contributed by atoms with Crippen molar-refractivity contribution in [1.82, 2.24) is 5.32 Å². The van der Waals surface area contributed by atoms with Crippen molar-refractivity contribution in [2.45, 2.75) is 6.54 Å². The number of benzene rings is 3. The van der Waals surface area contributed by atoms with E-state index in [4.69, 9.17) is 14.2 Å². The summed E-state index contributed by atoms with van der Waals surface area (Å²) in [5, 5.41) is 5.60. The molecule has 0 saturated heterocycles. The van der Waals surface area contributed by atoms with Crippen molar-refractivity contribution >= 4 is 17.5 Å². The van der Waals surface area contributed by atoms with Gasteiger partial charge in [-0.05, 0) is 54.1 Å². The lowest BCUT2D eigenvalue weighted by atomic mass is 10.1. The van der Waals surface area contributed by atoms with Crippen molar-refractivity contribution in [3.63, 3.8) is 0 Å². The van der Waals surface area contributed by atoms with E-state index in [0.29, 0.717) is 29.3 Å². The number of para-hydroxylation sites is 1. The van der Waals surface area contributed by atoms with E-state index in [1.807, 2.05) is 24.3 Å². The highest BCUT2D eigenvalue weighted by atomic mass is 16.5. The van der Waals surface area contributed by atoms with Crippen LogP contribution >= 0.6 is 0 Å². The quantitative estimate of drug-likeness (QED) is 0.552. The summed E-state index contributed by atoms with van der Waals surface area (Å²) in [4.78, 5) is 24.8. The Morgan fingerprint density at radius 3 is 2.06 bits per heavy atom. The zero-order chi connectivity index (χ0) is 22.1. The number of methoxy groups -OCH3 is 2. The first kappa shape index (κ1) is 21.7. The van der Waals surface area contributed by atoms with E-state index in [1.165, 1.54) is 0 Å². The fourth-order valence-corrected chi connectivity index (χ4v) is 2.82. The monoisotopic (exact) mass is 420 g/mol. The topological polar surface area (TPSA) is 85.9 Å². The predicted octanol–water partition coefficient (Wildman–Crippen LogP) is 3.65. The molecule has 3 aromatic rings. The average molecular weight is 420 g/mol. The zero-order valence-electron chi connectivity index (χ0n) is 17.4. The normalized spacial score (nSPS) is 10.1. The third kappa shape index (κ3) is 6.24. The molecule has 0 aromatic heterocycles. The Hall–Kier alpha value is -4.00. The van der Waals surface area contributed by atoms with Gasteiger partial charge in [-0.1, -0.05) is 24.3 Å². The van der Waals surface area contributed by atoms with Gasteiger partial charge in [-0.2, -0.15) is 0 Å². The van der Waals surface area contributed by atoms with Crippen LogP contribution in [0, 0.1) is 0 Å². The molecule has 7 heteroatoms. The van der Waals surface area contributed by atoms with Gasteiger partial charge in [0.15, 0.2) is 6.61 Å². The van der Waals surface area contributed by atoms with Crippen LogP contribution in [0.3, 0.4) is 0 Å². The van der Waals surface area contributed by atoms with E-state index in [9.17, 15) is 9.59 Å². The van der Waals surface area contributed by atoms with Gasteiger partial charge in [0.05, 0.1) is 19.8 Å². The van der Waals surface area contributed by atoms with Crippen LogP contribution in [-0.4, -0.2) is 32.6 Å². The van der Waals surface area contributed by atoms with E-state index in [-0.39, 0.29) is 18.4 Å². The Balaban J connectivity index is 1.55. The number of carbonyl (C=O) groups excluding carboxylic acids is 2. The molecule has 0 aliphatic heterocycles. The van der Waals surface area contributed by atoms with Crippen LogP contribution in [0.15, 0.2) is 72.8 Å². The highest BCUT2D eigenvalue weighted by Crippen LogP contribution is 2.19. The van der Waals surface area contributed by atoms with E-state index < -0.39 is 0 Å². The van der Waals surface area contributed by atoms with Crippen molar-refractivity contribution in [2.24, 2.45) is 0 Å². The molecule has 0 radical (unpaired) electrons. The molecule has 0 saturated carbocycles. The largest absolute Gasteiger partial charge is 0.497 e. The van der Waals surface area contributed by atoms with Gasteiger partial charge < -0.3 is 24.8 Å². The highest BCUT2D eigenvalue weighted by Gasteiger charge is 2.13. The second-order valence-corrected chi connectivity index (χ2v) is 6.59. The smallest absolute Gasteiger partial charge is 0.262 e. The molecule has 0 aliphatic rings. The molecule has 0 bridgehead atoms. The van der Waals surface area contributed by atoms with Gasteiger partial charge >= 0.3 is 0 Å². The minimum Gasteiger partial charge on any atom is -0.497 e. The molecule has 3 rings (SSSR count). The summed E-state index contributed by atoms with van der Waals surface area (Å²) < 4.78 is 15.8. The first-order valence-electron chi connectivity index (χ1n) is 9.66. The predicted molar refractivity (Wildman–Crippen MR) is 118 cm³/mol. The SMILES string of the molecule is COc1ccc(CNC(=O)c2ccccc2OCC(=O)Nc2ccc(OC)cc2)cc1. The Morgan fingerprint density at radius 2 is 1.42 bits per heavy atom. The number of nitrogens with one attached hydrogen (secondary N) is 2. The molecule has 0 unspecified atom stereocenters. The molecule has 0 aliphatic carbocycles. The van der Waals surface area contributed by atoms with Gasteiger partial charge in [0.2, 0.25) is 0 Å². The fourth-order valence-electron chi connectivity index (χ4n) is 2.82. The summed E-state index contributed by atoms with van der Waals surface area (Å²) in [6, 6.07) is 21.2. The summed E-state index contributed by atoms with van der Waals surface area (Å²) in [5.74, 6) is 1.16. The molecule has 0 fully saturated rings. The van der Waals surface area contributed by atoms with Crippen molar-refractivity contribution < 1.29 is 23.8 Å². The first-order chi connectivity index (χ1) is 15.1. The molecule has 7 nitrogen and oxygen atoms in total. The van der Waals surface area contributed by atoms with Crippen LogP contribution in [0.4, 0.5) is 5.69 Å². The van der Waals surface area contributed by atoms with Crippen LogP contribution in [0.2, 0.25) is 0 Å². The lowest BCUT2D eigenvalue weighted by Gasteiger charge is -2.12. The number of hydrogen-bond donors (Lipinski definition) is 2. The minimum atomic E-state index is -0.335. The Labute approximate surface area is 180 Å². The van der Waals surface area contributed by atoms with Crippen LogP contribution in [0.5, 0.6) is 17.2 Å². The average Bonchev–Trinajstić information content (AvgIpc) is 2.82. The number of anilines is 1. The molecule has 0 atom stereocenters. The Bertz CT molecular complexity index is 1020. The summed E-state index contributed by atoms with van der Waals surface area (Å²) in [6.07, 6.45) is 0. The van der Waals surface area contributed by atoms with Crippen molar-refractivity contribution in [3.05, 3.63) is 83.9 Å². The highest BCUT2D eigenvalue weighted by molar-refractivity contribution is 5.97. The summed E-state index contributed by atoms with van der Waals surface area (Å²) >= 11 is 0. The van der Waals surface area contributed by atoms with E-state index in [1.54, 1.807) is 62.8 Å². The maximum atomic E-state index is 12.6. The first-order valence-corrected chi connectivity index (χ1v) is 9.66. The summed E-state index contributed by atoms with van der Waals surface area (Å²) in [7, 11) is 3.18. The molecule has 3 aromatic carbocycles. The number of carbonyl (C=O) groups is 2. The van der Waals surface area contributed by atoms with Crippen LogP contribution in [0.25, 0.3) is 0 Å². The van der Waals surface area contributed by atoms with Crippen molar-refractivity contribution in [1.29, 1.82) is 0 Å². The van der Waals surface area contributed by atoms with Gasteiger partial charge in [-0.3, -0.25) is 9.59 Å². The zero-order valence-corrected chi connectivity index (χ0v) is 17.4. The molecule has 31 heavy (non-hydrogen) atoms. The molecule has 0 heterocycles. The second kappa shape index (κ2) is 10.7. The van der Waals surface area contributed by atoms with E-state index in [2.05, 4.69) is 10.6 Å². The van der Waals surface area contributed by atoms with E-state index >= 15 is 0 Å². The summed E-state index contributed by atoms with van der Waals surface area (Å²) in [6.45, 7) is 0.129. The van der Waals surface area contributed by atoms with Gasteiger partial charge in [-0.25, -0.2) is 0 Å². The van der Waals surface area contributed by atoms with Crippen molar-refractivity contribution in [2.75, 3.05) is 26.1 Å². The van der Waals surface area contributed by atoms with Crippen molar-refractivity contribution in [3.8, 4) is 17.2 Å².